The average molecular weight is 212 g/mol. The van der Waals surface area contributed by atoms with Crippen LogP contribution in [0.25, 0.3) is 0 Å². The molecule has 0 saturated heterocycles. The van der Waals surface area contributed by atoms with Gasteiger partial charge in [0.05, 0.1) is 0 Å². The second-order valence-corrected chi connectivity index (χ2v) is 5.99. The number of ketones is 2. The van der Waals surface area contributed by atoms with Crippen molar-refractivity contribution in [2.24, 2.45) is 47.3 Å². The van der Waals surface area contributed by atoms with Gasteiger partial charge >= 0.3 is 0 Å². The fourth-order valence-electron chi connectivity index (χ4n) is 5.37. The first-order chi connectivity index (χ1) is 7.79. The van der Waals surface area contributed by atoms with Crippen LogP contribution >= 0.6 is 0 Å². The van der Waals surface area contributed by atoms with Crippen molar-refractivity contribution in [3.8, 4) is 0 Å². The van der Waals surface area contributed by atoms with Gasteiger partial charge in [-0.1, -0.05) is 24.3 Å². The van der Waals surface area contributed by atoms with Crippen molar-refractivity contribution in [1.29, 1.82) is 0 Å². The molecule has 0 aliphatic heterocycles. The highest BCUT2D eigenvalue weighted by molar-refractivity contribution is 5.97. The molecule has 0 aromatic rings. The van der Waals surface area contributed by atoms with Crippen molar-refractivity contribution in [3.05, 3.63) is 24.3 Å². The molecule has 5 aliphatic carbocycles. The summed E-state index contributed by atoms with van der Waals surface area (Å²) in [4.78, 5) is 24.4. The monoisotopic (exact) mass is 212 g/mol. The smallest absolute Gasteiger partial charge is 0.147 e. The minimum atomic E-state index is 0.141. The number of allylic oxidation sites excluding steroid dienone is 4. The predicted molar refractivity (Wildman–Crippen MR) is 56.2 cm³/mol. The predicted octanol–water partition coefficient (Wildman–Crippen LogP) is 1.23. The third-order valence-corrected chi connectivity index (χ3v) is 5.80. The third-order valence-electron chi connectivity index (χ3n) is 5.80. The van der Waals surface area contributed by atoms with Gasteiger partial charge in [0.25, 0.3) is 0 Å². The number of Topliss-reactive ketones (excluding diaryl/α,β-unsaturated/α-hetero) is 2. The van der Waals surface area contributed by atoms with E-state index in [4.69, 9.17) is 0 Å². The molecule has 5 rings (SSSR count). The summed E-state index contributed by atoms with van der Waals surface area (Å²) in [6.45, 7) is 0. The molecule has 0 radical (unpaired) electrons. The maximum atomic E-state index is 12.2. The lowest BCUT2D eigenvalue weighted by Gasteiger charge is -2.52. The molecule has 0 aromatic carbocycles. The van der Waals surface area contributed by atoms with Crippen molar-refractivity contribution in [2.45, 2.75) is 0 Å². The minimum Gasteiger partial charge on any atom is -0.298 e. The van der Waals surface area contributed by atoms with Crippen LogP contribution in [-0.2, 0) is 9.59 Å². The maximum Gasteiger partial charge on any atom is 0.147 e. The molecular weight excluding hydrogens is 200 g/mol. The van der Waals surface area contributed by atoms with Gasteiger partial charge in [0, 0.05) is 23.7 Å². The first kappa shape index (κ1) is 7.99. The Morgan fingerprint density at radius 2 is 0.812 bits per heavy atom. The Bertz CT molecular complexity index is 407. The highest BCUT2D eigenvalue weighted by atomic mass is 16.1. The zero-order valence-electron chi connectivity index (χ0n) is 8.74. The van der Waals surface area contributed by atoms with Crippen LogP contribution < -0.4 is 0 Å². The van der Waals surface area contributed by atoms with Gasteiger partial charge in [-0.05, 0) is 23.7 Å². The minimum absolute atomic E-state index is 0.141. The van der Waals surface area contributed by atoms with Gasteiger partial charge in [-0.2, -0.15) is 0 Å². The van der Waals surface area contributed by atoms with Crippen LogP contribution in [0.15, 0.2) is 24.3 Å². The molecule has 0 unspecified atom stereocenters. The van der Waals surface area contributed by atoms with Crippen LogP contribution in [0.5, 0.6) is 0 Å². The molecule has 0 bridgehead atoms. The zero-order valence-corrected chi connectivity index (χ0v) is 8.74. The van der Waals surface area contributed by atoms with Crippen molar-refractivity contribution in [1.82, 2.24) is 0 Å². The topological polar surface area (TPSA) is 34.1 Å². The molecule has 2 heteroatoms. The highest BCUT2D eigenvalue weighted by Gasteiger charge is 2.72. The molecular formula is C14H12O2. The maximum absolute atomic E-state index is 12.2. The van der Waals surface area contributed by atoms with Gasteiger partial charge in [-0.25, -0.2) is 0 Å². The summed E-state index contributed by atoms with van der Waals surface area (Å²) < 4.78 is 0. The van der Waals surface area contributed by atoms with E-state index in [1.165, 1.54) is 0 Å². The number of hydrogen-bond acceptors (Lipinski definition) is 2. The summed E-state index contributed by atoms with van der Waals surface area (Å²) in [5.74, 6) is 3.44. The lowest BCUT2D eigenvalue weighted by Crippen LogP contribution is -2.50. The largest absolute Gasteiger partial charge is 0.298 e. The van der Waals surface area contributed by atoms with Crippen LogP contribution in [0.2, 0.25) is 0 Å². The normalized spacial score (nSPS) is 62.8. The molecule has 16 heavy (non-hydrogen) atoms. The summed E-state index contributed by atoms with van der Waals surface area (Å²) in [6.07, 6.45) is 8.15. The average Bonchev–Trinajstić information content (AvgIpc) is 2.72. The lowest BCUT2D eigenvalue weighted by molar-refractivity contribution is -0.125. The quantitative estimate of drug-likeness (QED) is 0.566. The van der Waals surface area contributed by atoms with E-state index in [9.17, 15) is 9.59 Å². The third kappa shape index (κ3) is 0.555. The fourth-order valence-corrected chi connectivity index (χ4v) is 5.37. The summed E-state index contributed by atoms with van der Waals surface area (Å²) in [5, 5.41) is 0. The Kier molecular flexibility index (Phi) is 1.05. The van der Waals surface area contributed by atoms with Crippen molar-refractivity contribution in [2.75, 3.05) is 0 Å². The Labute approximate surface area is 93.4 Å². The SMILES string of the molecule is O=C1C2C=CC3C(=O)C4C=CC1C1C2C3C41. The summed E-state index contributed by atoms with van der Waals surface area (Å²) in [7, 11) is 0. The van der Waals surface area contributed by atoms with E-state index in [2.05, 4.69) is 0 Å². The van der Waals surface area contributed by atoms with E-state index in [-0.39, 0.29) is 23.7 Å². The van der Waals surface area contributed by atoms with Gasteiger partial charge in [0.1, 0.15) is 11.6 Å². The van der Waals surface area contributed by atoms with Gasteiger partial charge in [0.2, 0.25) is 0 Å². The van der Waals surface area contributed by atoms with E-state index in [1.54, 1.807) is 0 Å². The van der Waals surface area contributed by atoms with Gasteiger partial charge in [-0.3, -0.25) is 9.59 Å². The first-order valence-corrected chi connectivity index (χ1v) is 6.23. The molecule has 0 N–H and O–H groups in total. The van der Waals surface area contributed by atoms with Gasteiger partial charge in [0.15, 0.2) is 0 Å². The zero-order chi connectivity index (χ0) is 10.6. The van der Waals surface area contributed by atoms with Crippen molar-refractivity contribution >= 4 is 11.6 Å². The van der Waals surface area contributed by atoms with Crippen LogP contribution in [0.1, 0.15) is 0 Å². The molecule has 0 amide bonds. The lowest BCUT2D eigenvalue weighted by atomic mass is 9.50. The van der Waals surface area contributed by atoms with Gasteiger partial charge < -0.3 is 0 Å². The van der Waals surface area contributed by atoms with Crippen molar-refractivity contribution < 1.29 is 9.59 Å². The number of carbonyl (C=O) groups excluding carboxylic acids is 2. The number of rotatable bonds is 0. The van der Waals surface area contributed by atoms with E-state index < -0.39 is 0 Å². The van der Waals surface area contributed by atoms with Gasteiger partial charge in [-0.15, -0.1) is 0 Å². The number of hydrogen-bond donors (Lipinski definition) is 0. The Balaban J connectivity index is 1.83. The summed E-state index contributed by atoms with van der Waals surface area (Å²) >= 11 is 0. The molecule has 2 nitrogen and oxygen atoms in total. The second-order valence-electron chi connectivity index (χ2n) is 5.99. The molecule has 0 aromatic heterocycles. The molecule has 0 heterocycles. The summed E-state index contributed by atoms with van der Waals surface area (Å²) in [5.41, 5.74) is 0. The molecule has 3 saturated carbocycles. The van der Waals surface area contributed by atoms with E-state index in [0.717, 1.165) is 0 Å². The van der Waals surface area contributed by atoms with Crippen LogP contribution in [0.4, 0.5) is 0 Å². The van der Waals surface area contributed by atoms with Crippen LogP contribution in [0.3, 0.4) is 0 Å². The Morgan fingerprint density at radius 1 is 0.562 bits per heavy atom. The summed E-state index contributed by atoms with van der Waals surface area (Å²) in [6, 6.07) is 0. The van der Waals surface area contributed by atoms with Crippen LogP contribution in [0, 0.1) is 47.3 Å². The Morgan fingerprint density at radius 3 is 1.06 bits per heavy atom. The molecule has 5 aliphatic rings. The van der Waals surface area contributed by atoms with Crippen LogP contribution in [-0.4, -0.2) is 11.6 Å². The fraction of sp³-hybridized carbons (Fsp3) is 0.571. The van der Waals surface area contributed by atoms with E-state index in [0.29, 0.717) is 35.2 Å². The first-order valence-electron chi connectivity index (χ1n) is 6.23. The molecule has 3 fully saturated rings. The highest BCUT2D eigenvalue weighted by Crippen LogP contribution is 2.71. The van der Waals surface area contributed by atoms with E-state index >= 15 is 0 Å². The molecule has 80 valence electrons. The van der Waals surface area contributed by atoms with E-state index in [1.807, 2.05) is 24.3 Å². The van der Waals surface area contributed by atoms with Crippen molar-refractivity contribution in [3.63, 3.8) is 0 Å². The Hall–Kier alpha value is -1.18. The standard InChI is InChI=1S/C14H12O2/c15-13-5-1-2-6-10-9(5)11-7(13)3-4-8(12(10)11)14(6)16/h1-12H. The number of carbonyl (C=O) groups is 2. The molecule has 0 spiro atoms. The second kappa shape index (κ2) is 2.11. The molecule has 0 atom stereocenters.